The molecule has 0 aliphatic carbocycles. The van der Waals surface area contributed by atoms with Gasteiger partial charge < -0.3 is 10.5 Å². The second kappa shape index (κ2) is 4.52. The Hall–Kier alpha value is -1.71. The van der Waals surface area contributed by atoms with Crippen LogP contribution in [0.3, 0.4) is 0 Å². The largest absolute Gasteiger partial charge is 0.379 e. The average Bonchev–Trinajstić information content (AvgIpc) is 2.40. The van der Waals surface area contributed by atoms with Gasteiger partial charge in [-0.3, -0.25) is 4.98 Å². The smallest absolute Gasteiger partial charge is 0.0684 e. The van der Waals surface area contributed by atoms with Crippen molar-refractivity contribution in [1.29, 1.82) is 0 Å². The number of pyridine rings is 1. The van der Waals surface area contributed by atoms with Crippen LogP contribution in [0.25, 0.3) is 0 Å². The lowest BCUT2D eigenvalue weighted by atomic mass is 9.73. The number of aromatic nitrogens is 1. The van der Waals surface area contributed by atoms with E-state index in [9.17, 15) is 0 Å². The van der Waals surface area contributed by atoms with Gasteiger partial charge in [0.1, 0.15) is 0 Å². The molecular formula is C15H16N2O. The Bertz CT molecular complexity index is 518. The molecule has 1 aliphatic heterocycles. The SMILES string of the molecule is NCc1ccc(C2(c3cccnc3)COC2)cc1. The lowest BCUT2D eigenvalue weighted by Gasteiger charge is -2.42. The Balaban J connectivity index is 2.01. The third-order valence-electron chi connectivity index (χ3n) is 3.65. The lowest BCUT2D eigenvalue weighted by Crippen LogP contribution is -2.47. The fourth-order valence-corrected chi connectivity index (χ4v) is 2.41. The highest BCUT2D eigenvalue weighted by atomic mass is 16.5. The molecule has 0 bridgehead atoms. The van der Waals surface area contributed by atoms with Crippen LogP contribution < -0.4 is 5.73 Å². The predicted molar refractivity (Wildman–Crippen MR) is 70.2 cm³/mol. The summed E-state index contributed by atoms with van der Waals surface area (Å²) in [4.78, 5) is 4.22. The van der Waals surface area contributed by atoms with Gasteiger partial charge in [0, 0.05) is 18.9 Å². The van der Waals surface area contributed by atoms with Crippen LogP contribution in [0.2, 0.25) is 0 Å². The predicted octanol–water partition coefficient (Wildman–Crippen LogP) is 1.86. The molecule has 0 unspecified atom stereocenters. The zero-order chi connectivity index (χ0) is 12.4. The molecule has 2 heterocycles. The summed E-state index contributed by atoms with van der Waals surface area (Å²) in [6, 6.07) is 12.6. The van der Waals surface area contributed by atoms with Crippen LogP contribution in [0.5, 0.6) is 0 Å². The molecule has 0 atom stereocenters. The van der Waals surface area contributed by atoms with E-state index in [1.165, 1.54) is 11.1 Å². The molecule has 92 valence electrons. The van der Waals surface area contributed by atoms with E-state index in [4.69, 9.17) is 10.5 Å². The van der Waals surface area contributed by atoms with E-state index in [1.807, 2.05) is 12.3 Å². The Morgan fingerprint density at radius 3 is 2.39 bits per heavy atom. The molecule has 0 radical (unpaired) electrons. The van der Waals surface area contributed by atoms with E-state index in [0.717, 1.165) is 18.8 Å². The first-order valence-corrected chi connectivity index (χ1v) is 6.13. The maximum atomic E-state index is 5.63. The van der Waals surface area contributed by atoms with Crippen molar-refractivity contribution in [3.8, 4) is 0 Å². The van der Waals surface area contributed by atoms with Gasteiger partial charge in [-0.15, -0.1) is 0 Å². The van der Waals surface area contributed by atoms with Crippen LogP contribution in [0, 0.1) is 0 Å². The number of hydrogen-bond acceptors (Lipinski definition) is 3. The Labute approximate surface area is 107 Å². The van der Waals surface area contributed by atoms with Crippen molar-refractivity contribution >= 4 is 0 Å². The number of rotatable bonds is 3. The van der Waals surface area contributed by atoms with Gasteiger partial charge >= 0.3 is 0 Å². The third kappa shape index (κ3) is 1.72. The maximum absolute atomic E-state index is 5.63. The molecule has 0 amide bonds. The van der Waals surface area contributed by atoms with Crippen molar-refractivity contribution in [3.63, 3.8) is 0 Å². The summed E-state index contributed by atoms with van der Waals surface area (Å²) in [7, 11) is 0. The minimum absolute atomic E-state index is 0.0264. The van der Waals surface area contributed by atoms with Gasteiger partial charge in [-0.1, -0.05) is 30.3 Å². The Morgan fingerprint density at radius 1 is 1.11 bits per heavy atom. The van der Waals surface area contributed by atoms with E-state index in [0.29, 0.717) is 6.54 Å². The number of hydrogen-bond donors (Lipinski definition) is 1. The van der Waals surface area contributed by atoms with Crippen molar-refractivity contribution in [1.82, 2.24) is 4.98 Å². The van der Waals surface area contributed by atoms with E-state index >= 15 is 0 Å². The quantitative estimate of drug-likeness (QED) is 0.890. The van der Waals surface area contributed by atoms with Gasteiger partial charge in [0.2, 0.25) is 0 Å². The van der Waals surface area contributed by atoms with Gasteiger partial charge in [0.05, 0.1) is 18.6 Å². The molecular weight excluding hydrogens is 224 g/mol. The minimum Gasteiger partial charge on any atom is -0.379 e. The van der Waals surface area contributed by atoms with Crippen LogP contribution in [0.4, 0.5) is 0 Å². The highest BCUT2D eigenvalue weighted by Gasteiger charge is 2.42. The second-order valence-corrected chi connectivity index (χ2v) is 4.72. The molecule has 1 aromatic heterocycles. The van der Waals surface area contributed by atoms with Gasteiger partial charge in [-0.25, -0.2) is 0 Å². The molecule has 2 N–H and O–H groups in total. The highest BCUT2D eigenvalue weighted by molar-refractivity contribution is 5.41. The molecule has 1 aliphatic rings. The van der Waals surface area contributed by atoms with Crippen molar-refractivity contribution in [3.05, 3.63) is 65.5 Å². The molecule has 1 aromatic carbocycles. The fraction of sp³-hybridized carbons (Fsp3) is 0.267. The Morgan fingerprint density at radius 2 is 1.89 bits per heavy atom. The normalized spacial score (nSPS) is 17.2. The minimum atomic E-state index is -0.0264. The van der Waals surface area contributed by atoms with Crippen LogP contribution in [0.15, 0.2) is 48.8 Å². The van der Waals surface area contributed by atoms with Crippen LogP contribution in [-0.2, 0) is 16.7 Å². The number of nitrogens with two attached hydrogens (primary N) is 1. The van der Waals surface area contributed by atoms with Crippen LogP contribution in [0.1, 0.15) is 16.7 Å². The zero-order valence-electron chi connectivity index (χ0n) is 10.2. The summed E-state index contributed by atoms with van der Waals surface area (Å²) in [5.74, 6) is 0. The van der Waals surface area contributed by atoms with E-state index in [-0.39, 0.29) is 5.41 Å². The summed E-state index contributed by atoms with van der Waals surface area (Å²) in [5.41, 5.74) is 9.25. The molecule has 0 spiro atoms. The molecule has 2 aromatic rings. The molecule has 1 saturated heterocycles. The third-order valence-corrected chi connectivity index (χ3v) is 3.65. The van der Waals surface area contributed by atoms with Crippen molar-refractivity contribution in [2.45, 2.75) is 12.0 Å². The number of nitrogens with zero attached hydrogens (tertiary/aromatic N) is 1. The van der Waals surface area contributed by atoms with E-state index < -0.39 is 0 Å². The number of ether oxygens (including phenoxy) is 1. The first-order chi connectivity index (χ1) is 8.85. The molecule has 3 heteroatoms. The summed E-state index contributed by atoms with van der Waals surface area (Å²) in [6.45, 7) is 2.03. The topological polar surface area (TPSA) is 48.1 Å². The molecule has 3 nitrogen and oxygen atoms in total. The van der Waals surface area contributed by atoms with Crippen molar-refractivity contribution < 1.29 is 4.74 Å². The molecule has 3 rings (SSSR count). The van der Waals surface area contributed by atoms with Crippen molar-refractivity contribution in [2.24, 2.45) is 5.73 Å². The summed E-state index contributed by atoms with van der Waals surface area (Å²) in [6.07, 6.45) is 3.73. The van der Waals surface area contributed by atoms with Gasteiger partial charge in [0.15, 0.2) is 0 Å². The van der Waals surface area contributed by atoms with Crippen molar-refractivity contribution in [2.75, 3.05) is 13.2 Å². The molecule has 18 heavy (non-hydrogen) atoms. The van der Waals surface area contributed by atoms with Gasteiger partial charge in [-0.05, 0) is 22.8 Å². The standard InChI is InChI=1S/C15H16N2O/c16-8-12-3-5-13(6-4-12)15(10-18-11-15)14-2-1-7-17-9-14/h1-7,9H,8,10-11,16H2. The maximum Gasteiger partial charge on any atom is 0.0684 e. The highest BCUT2D eigenvalue weighted by Crippen LogP contribution is 2.38. The first kappa shape index (κ1) is 11.4. The number of benzene rings is 1. The van der Waals surface area contributed by atoms with Gasteiger partial charge in [-0.2, -0.15) is 0 Å². The molecule has 0 saturated carbocycles. The van der Waals surface area contributed by atoms with Crippen LogP contribution >= 0.6 is 0 Å². The monoisotopic (exact) mass is 240 g/mol. The average molecular weight is 240 g/mol. The summed E-state index contributed by atoms with van der Waals surface area (Å²) < 4.78 is 5.45. The van der Waals surface area contributed by atoms with E-state index in [2.05, 4.69) is 35.3 Å². The van der Waals surface area contributed by atoms with Gasteiger partial charge in [0.25, 0.3) is 0 Å². The van der Waals surface area contributed by atoms with E-state index in [1.54, 1.807) is 6.20 Å². The summed E-state index contributed by atoms with van der Waals surface area (Å²) in [5, 5.41) is 0. The summed E-state index contributed by atoms with van der Waals surface area (Å²) >= 11 is 0. The Kier molecular flexibility index (Phi) is 2.86. The zero-order valence-corrected chi connectivity index (χ0v) is 10.2. The molecule has 1 fully saturated rings. The fourth-order valence-electron chi connectivity index (χ4n) is 2.41. The second-order valence-electron chi connectivity index (χ2n) is 4.72. The van der Waals surface area contributed by atoms with Crippen LogP contribution in [-0.4, -0.2) is 18.2 Å². The lowest BCUT2D eigenvalue weighted by molar-refractivity contribution is -0.0381. The first-order valence-electron chi connectivity index (χ1n) is 6.13.